The molecule has 0 unspecified atom stereocenters. The molecule has 4 N–H and O–H groups in total. The van der Waals surface area contributed by atoms with Gasteiger partial charge in [0.1, 0.15) is 0 Å². The smallest absolute Gasteiger partial charge is 0.0698 e. The Labute approximate surface area is 97.7 Å². The highest BCUT2D eigenvalue weighted by Gasteiger charge is 2.10. The van der Waals surface area contributed by atoms with Gasteiger partial charge in [-0.1, -0.05) is 19.3 Å². The van der Waals surface area contributed by atoms with E-state index in [4.69, 9.17) is 14.9 Å². The average molecular weight is 238 g/mol. The molecule has 0 aliphatic heterocycles. The molecule has 0 bridgehead atoms. The van der Waals surface area contributed by atoms with Gasteiger partial charge in [0, 0.05) is 7.11 Å². The summed E-state index contributed by atoms with van der Waals surface area (Å²) in [5.74, 6) is 0. The largest absolute Gasteiger partial charge is 0.412 e. The van der Waals surface area contributed by atoms with Crippen molar-refractivity contribution in [2.75, 3.05) is 33.5 Å². The fraction of sp³-hybridized carbons (Fsp3) is 1.00. The van der Waals surface area contributed by atoms with Crippen LogP contribution in [0.15, 0.2) is 0 Å². The first kappa shape index (κ1) is 18.2. The van der Waals surface area contributed by atoms with Crippen molar-refractivity contribution >= 4 is 0 Å². The Hall–Kier alpha value is -0.200. The van der Waals surface area contributed by atoms with Gasteiger partial charge in [-0.05, 0) is 12.8 Å². The van der Waals surface area contributed by atoms with Crippen LogP contribution in [0.2, 0.25) is 0 Å². The number of ether oxygens (including phenoxy) is 2. The molecule has 100 valence electrons. The highest BCUT2D eigenvalue weighted by Crippen LogP contribution is 2.18. The first-order chi connectivity index (χ1) is 7.35. The number of methoxy groups -OCH3 is 1. The minimum atomic E-state index is 0. The summed E-state index contributed by atoms with van der Waals surface area (Å²) in [5.41, 5.74) is 0. The zero-order chi connectivity index (χ0) is 11.4. The molecule has 1 fully saturated rings. The summed E-state index contributed by atoms with van der Waals surface area (Å²) in [6, 6.07) is 0. The van der Waals surface area contributed by atoms with E-state index in [1.165, 1.54) is 32.1 Å². The van der Waals surface area contributed by atoms with Gasteiger partial charge >= 0.3 is 0 Å². The molecular formula is C11H26O5. The van der Waals surface area contributed by atoms with E-state index in [1.807, 2.05) is 7.11 Å². The summed E-state index contributed by atoms with van der Waals surface area (Å²) in [5, 5.41) is 16.2. The summed E-state index contributed by atoms with van der Waals surface area (Å²) in [6.45, 7) is 0.696. The lowest BCUT2D eigenvalue weighted by Crippen LogP contribution is -2.13. The lowest BCUT2D eigenvalue weighted by molar-refractivity contribution is 0.0650. The van der Waals surface area contributed by atoms with Gasteiger partial charge in [-0.2, -0.15) is 0 Å². The van der Waals surface area contributed by atoms with Crippen LogP contribution in [0.4, 0.5) is 0 Å². The first-order valence-electron chi connectivity index (χ1n) is 5.67. The van der Waals surface area contributed by atoms with Crippen LogP contribution < -0.4 is 0 Å². The Bertz CT molecular complexity index is 111. The van der Waals surface area contributed by atoms with Crippen molar-refractivity contribution in [3.8, 4) is 0 Å². The van der Waals surface area contributed by atoms with Crippen molar-refractivity contribution in [3.05, 3.63) is 0 Å². The molecule has 0 aromatic rings. The molecule has 1 aliphatic rings. The topological polar surface area (TPSA) is 90.4 Å². The van der Waals surface area contributed by atoms with Gasteiger partial charge in [0.15, 0.2) is 0 Å². The highest BCUT2D eigenvalue weighted by molar-refractivity contribution is 4.63. The van der Waals surface area contributed by atoms with Crippen LogP contribution in [-0.4, -0.2) is 55.3 Å². The van der Waals surface area contributed by atoms with Gasteiger partial charge in [-0.15, -0.1) is 0 Å². The summed E-state index contributed by atoms with van der Waals surface area (Å²) < 4.78 is 9.82. The predicted molar refractivity (Wildman–Crippen MR) is 62.5 cm³/mol. The van der Waals surface area contributed by atoms with Gasteiger partial charge in [-0.3, -0.25) is 0 Å². The lowest BCUT2D eigenvalue weighted by Gasteiger charge is -2.19. The molecule has 5 heteroatoms. The van der Waals surface area contributed by atoms with Crippen LogP contribution in [0.3, 0.4) is 0 Å². The van der Waals surface area contributed by atoms with Crippen LogP contribution in [-0.2, 0) is 9.47 Å². The molecule has 0 aromatic carbocycles. The molecule has 0 aromatic heterocycles. The normalized spacial score (nSPS) is 15.9. The molecule has 1 aliphatic carbocycles. The maximum Gasteiger partial charge on any atom is 0.0698 e. The first-order valence-corrected chi connectivity index (χ1v) is 5.67. The highest BCUT2D eigenvalue weighted by atomic mass is 16.5. The van der Waals surface area contributed by atoms with Crippen LogP contribution in [0.25, 0.3) is 0 Å². The number of hydrogen-bond acceptors (Lipinski definition) is 4. The maximum absolute atomic E-state index is 8.09. The van der Waals surface area contributed by atoms with Gasteiger partial charge in [0.25, 0.3) is 0 Å². The van der Waals surface area contributed by atoms with Gasteiger partial charge < -0.3 is 25.2 Å². The van der Waals surface area contributed by atoms with E-state index in [0.29, 0.717) is 19.3 Å². The molecule has 0 spiro atoms. The third-order valence-electron chi connectivity index (χ3n) is 2.36. The van der Waals surface area contributed by atoms with Crippen LogP contribution in [0.5, 0.6) is 0 Å². The van der Waals surface area contributed by atoms with Crippen molar-refractivity contribution < 1.29 is 25.2 Å². The summed E-state index contributed by atoms with van der Waals surface area (Å²) in [4.78, 5) is 0. The van der Waals surface area contributed by atoms with Crippen LogP contribution in [0, 0.1) is 0 Å². The van der Waals surface area contributed by atoms with E-state index in [2.05, 4.69) is 4.74 Å². The zero-order valence-corrected chi connectivity index (χ0v) is 10.2. The molecule has 0 amide bonds. The number of aliphatic hydroxyl groups is 2. The van der Waals surface area contributed by atoms with Crippen molar-refractivity contribution in [1.82, 2.24) is 0 Å². The van der Waals surface area contributed by atoms with Crippen molar-refractivity contribution in [2.24, 2.45) is 0 Å². The second kappa shape index (κ2) is 14.8. The van der Waals surface area contributed by atoms with E-state index in [9.17, 15) is 0 Å². The molecule has 0 saturated heterocycles. The minimum absolute atomic E-state index is 0. The van der Waals surface area contributed by atoms with E-state index >= 15 is 0 Å². The number of aliphatic hydroxyl groups excluding tert-OH is 2. The third kappa shape index (κ3) is 11.9. The Morgan fingerprint density at radius 2 is 1.50 bits per heavy atom. The van der Waals surface area contributed by atoms with E-state index < -0.39 is 0 Å². The van der Waals surface area contributed by atoms with Crippen molar-refractivity contribution in [2.45, 2.75) is 38.2 Å². The molecule has 16 heavy (non-hydrogen) atoms. The zero-order valence-electron chi connectivity index (χ0n) is 10.2. The van der Waals surface area contributed by atoms with E-state index in [1.54, 1.807) is 0 Å². The lowest BCUT2D eigenvalue weighted by atomic mass is 9.98. The van der Waals surface area contributed by atoms with Crippen molar-refractivity contribution in [3.63, 3.8) is 0 Å². The maximum atomic E-state index is 8.09. The summed E-state index contributed by atoms with van der Waals surface area (Å²) in [6.07, 6.45) is 7.33. The molecule has 0 atom stereocenters. The van der Waals surface area contributed by atoms with E-state index in [0.717, 1.165) is 0 Å². The number of hydrogen-bond donors (Lipinski definition) is 2. The van der Waals surface area contributed by atoms with Crippen molar-refractivity contribution in [1.29, 1.82) is 0 Å². The van der Waals surface area contributed by atoms with Crippen LogP contribution >= 0.6 is 0 Å². The molecule has 1 saturated carbocycles. The second-order valence-electron chi connectivity index (χ2n) is 3.56. The molecule has 1 rings (SSSR count). The summed E-state index contributed by atoms with van der Waals surface area (Å²) >= 11 is 0. The Balaban J connectivity index is 0. The molecular weight excluding hydrogens is 212 g/mol. The van der Waals surface area contributed by atoms with Gasteiger partial charge in [0.2, 0.25) is 0 Å². The molecule has 0 radical (unpaired) electrons. The predicted octanol–water partition coefficient (Wildman–Crippen LogP) is 0.128. The average Bonchev–Trinajstić information content (AvgIpc) is 2.32. The fourth-order valence-corrected chi connectivity index (χ4v) is 1.53. The molecule has 0 heterocycles. The quantitative estimate of drug-likeness (QED) is 0.666. The van der Waals surface area contributed by atoms with E-state index in [-0.39, 0.29) is 18.7 Å². The van der Waals surface area contributed by atoms with Gasteiger partial charge in [-0.25, -0.2) is 0 Å². The minimum Gasteiger partial charge on any atom is -0.412 e. The summed E-state index contributed by atoms with van der Waals surface area (Å²) in [7, 11) is 1.82. The SMILES string of the molecule is COC1CCCCC1.O.OCCOCCO. The Kier molecular flexibility index (Phi) is 16.8. The fourth-order valence-electron chi connectivity index (χ4n) is 1.53. The standard InChI is InChI=1S/C7H14O.C4H10O3.H2O/c1-8-7-5-3-2-4-6-7;5-1-3-7-4-2-6;/h7H,2-6H2,1H3;5-6H,1-4H2;1H2. The molecule has 5 nitrogen and oxygen atoms in total. The number of rotatable bonds is 5. The Morgan fingerprint density at radius 1 is 1.00 bits per heavy atom. The Morgan fingerprint density at radius 3 is 1.81 bits per heavy atom. The second-order valence-corrected chi connectivity index (χ2v) is 3.56. The van der Waals surface area contributed by atoms with Crippen LogP contribution in [0.1, 0.15) is 32.1 Å². The monoisotopic (exact) mass is 238 g/mol. The van der Waals surface area contributed by atoms with Gasteiger partial charge in [0.05, 0.1) is 32.5 Å². The third-order valence-corrected chi connectivity index (χ3v) is 2.36.